The molecule has 1 heterocycles. The molecule has 20 heavy (non-hydrogen) atoms. The summed E-state index contributed by atoms with van der Waals surface area (Å²) in [6.45, 7) is 3.78. The van der Waals surface area contributed by atoms with Crippen molar-refractivity contribution < 1.29 is 9.53 Å². The van der Waals surface area contributed by atoms with Crippen molar-refractivity contribution in [3.05, 3.63) is 35.9 Å². The van der Waals surface area contributed by atoms with Crippen LogP contribution in [0.2, 0.25) is 0 Å². The van der Waals surface area contributed by atoms with Gasteiger partial charge in [0.1, 0.15) is 0 Å². The van der Waals surface area contributed by atoms with Crippen molar-refractivity contribution in [1.82, 2.24) is 10.2 Å². The van der Waals surface area contributed by atoms with Gasteiger partial charge in [-0.2, -0.15) is 0 Å². The van der Waals surface area contributed by atoms with E-state index in [1.807, 2.05) is 6.07 Å². The number of nitrogens with zero attached hydrogens (tertiary/aromatic N) is 1. The maximum atomic E-state index is 11.3. The Morgan fingerprint density at radius 3 is 2.70 bits per heavy atom. The van der Waals surface area contributed by atoms with Crippen LogP contribution in [-0.4, -0.2) is 43.7 Å². The molecule has 0 aliphatic carbocycles. The fourth-order valence-electron chi connectivity index (χ4n) is 2.30. The van der Waals surface area contributed by atoms with Crippen molar-refractivity contribution in [2.24, 2.45) is 0 Å². The van der Waals surface area contributed by atoms with Crippen LogP contribution in [0.3, 0.4) is 0 Å². The van der Waals surface area contributed by atoms with Crippen molar-refractivity contribution >= 4 is 30.8 Å². The highest BCUT2D eigenvalue weighted by Crippen LogP contribution is 2.09. The molecule has 6 heteroatoms. The van der Waals surface area contributed by atoms with E-state index in [0.29, 0.717) is 6.42 Å². The molecule has 1 aromatic carbocycles. The molecular formula is C14H22Cl2N2O2. The minimum atomic E-state index is -0.144. The van der Waals surface area contributed by atoms with Gasteiger partial charge in [0.2, 0.25) is 0 Å². The average Bonchev–Trinajstić information content (AvgIpc) is 2.40. The topological polar surface area (TPSA) is 41.6 Å². The van der Waals surface area contributed by atoms with E-state index in [-0.39, 0.29) is 36.8 Å². The first-order valence-electron chi connectivity index (χ1n) is 6.34. The standard InChI is InChI=1S/C14H20N2O2.2ClH/c1-18-14(17)9-13-11-16(8-7-15-13)10-12-5-3-2-4-6-12;;/h2-6,13,15H,7-11H2,1H3;2*1H. The van der Waals surface area contributed by atoms with Crippen molar-refractivity contribution in [1.29, 1.82) is 0 Å². The maximum absolute atomic E-state index is 11.3. The van der Waals surface area contributed by atoms with Gasteiger partial charge in [-0.1, -0.05) is 30.3 Å². The van der Waals surface area contributed by atoms with Gasteiger partial charge in [-0.05, 0) is 5.56 Å². The minimum absolute atomic E-state index is 0. The lowest BCUT2D eigenvalue weighted by Gasteiger charge is -2.33. The third-order valence-corrected chi connectivity index (χ3v) is 3.23. The molecule has 1 unspecified atom stereocenters. The number of carbonyl (C=O) groups is 1. The van der Waals surface area contributed by atoms with Crippen LogP contribution in [0, 0.1) is 0 Å². The van der Waals surface area contributed by atoms with Crippen LogP contribution in [0.5, 0.6) is 0 Å². The first-order valence-corrected chi connectivity index (χ1v) is 6.34. The molecule has 4 nitrogen and oxygen atoms in total. The van der Waals surface area contributed by atoms with E-state index in [2.05, 4.69) is 34.5 Å². The zero-order valence-corrected chi connectivity index (χ0v) is 13.2. The summed E-state index contributed by atoms with van der Waals surface area (Å²) in [6, 6.07) is 10.6. The number of halogens is 2. The van der Waals surface area contributed by atoms with Gasteiger partial charge in [0, 0.05) is 32.2 Å². The lowest BCUT2D eigenvalue weighted by Crippen LogP contribution is -2.51. The molecule has 0 spiro atoms. The second-order valence-electron chi connectivity index (χ2n) is 4.65. The quantitative estimate of drug-likeness (QED) is 0.860. The Morgan fingerprint density at radius 2 is 2.05 bits per heavy atom. The molecule has 0 aromatic heterocycles. The number of piperazine rings is 1. The number of ether oxygens (including phenoxy) is 1. The zero-order valence-electron chi connectivity index (χ0n) is 11.6. The Bertz CT molecular complexity index is 390. The van der Waals surface area contributed by atoms with Crippen LogP contribution in [0.25, 0.3) is 0 Å². The van der Waals surface area contributed by atoms with E-state index in [4.69, 9.17) is 4.74 Å². The van der Waals surface area contributed by atoms with Gasteiger partial charge in [-0.25, -0.2) is 0 Å². The predicted octanol–water partition coefficient (Wildman–Crippen LogP) is 1.87. The van der Waals surface area contributed by atoms with Gasteiger partial charge in [0.05, 0.1) is 13.5 Å². The van der Waals surface area contributed by atoms with Crippen molar-refractivity contribution in [3.63, 3.8) is 0 Å². The van der Waals surface area contributed by atoms with Crippen LogP contribution in [0.1, 0.15) is 12.0 Å². The monoisotopic (exact) mass is 320 g/mol. The van der Waals surface area contributed by atoms with Crippen molar-refractivity contribution in [3.8, 4) is 0 Å². The summed E-state index contributed by atoms with van der Waals surface area (Å²) in [5, 5.41) is 3.36. The SMILES string of the molecule is COC(=O)CC1CN(Cc2ccccc2)CCN1.Cl.Cl. The average molecular weight is 321 g/mol. The Labute approximate surface area is 132 Å². The highest BCUT2D eigenvalue weighted by atomic mass is 35.5. The van der Waals surface area contributed by atoms with Crippen LogP contribution in [0.15, 0.2) is 30.3 Å². The van der Waals surface area contributed by atoms with Gasteiger partial charge in [-0.15, -0.1) is 24.8 Å². The van der Waals surface area contributed by atoms with Crippen LogP contribution in [-0.2, 0) is 16.1 Å². The second-order valence-corrected chi connectivity index (χ2v) is 4.65. The lowest BCUT2D eigenvalue weighted by atomic mass is 10.1. The molecule has 0 radical (unpaired) electrons. The minimum Gasteiger partial charge on any atom is -0.469 e. The number of rotatable bonds is 4. The molecule has 1 atom stereocenters. The van der Waals surface area contributed by atoms with E-state index in [9.17, 15) is 4.79 Å². The Hall–Kier alpha value is -0.810. The van der Waals surface area contributed by atoms with E-state index in [1.165, 1.54) is 12.7 Å². The highest BCUT2D eigenvalue weighted by molar-refractivity contribution is 5.85. The zero-order chi connectivity index (χ0) is 12.8. The molecule has 1 aliphatic rings. The highest BCUT2D eigenvalue weighted by Gasteiger charge is 2.21. The Morgan fingerprint density at radius 1 is 1.35 bits per heavy atom. The van der Waals surface area contributed by atoms with Gasteiger partial charge < -0.3 is 10.1 Å². The number of esters is 1. The van der Waals surface area contributed by atoms with Gasteiger partial charge in [0.25, 0.3) is 0 Å². The van der Waals surface area contributed by atoms with Gasteiger partial charge >= 0.3 is 5.97 Å². The number of hydrogen-bond donors (Lipinski definition) is 1. The summed E-state index contributed by atoms with van der Waals surface area (Å²) >= 11 is 0. The summed E-state index contributed by atoms with van der Waals surface area (Å²) in [5.74, 6) is -0.144. The molecule has 2 rings (SSSR count). The molecular weight excluding hydrogens is 299 g/mol. The van der Waals surface area contributed by atoms with E-state index in [1.54, 1.807) is 0 Å². The molecule has 1 aromatic rings. The second kappa shape index (κ2) is 10.00. The van der Waals surface area contributed by atoms with Crippen LogP contribution in [0.4, 0.5) is 0 Å². The molecule has 0 saturated carbocycles. The van der Waals surface area contributed by atoms with E-state index < -0.39 is 0 Å². The summed E-state index contributed by atoms with van der Waals surface area (Å²) in [7, 11) is 1.44. The summed E-state index contributed by atoms with van der Waals surface area (Å²) < 4.78 is 4.71. The fourth-order valence-corrected chi connectivity index (χ4v) is 2.30. The third-order valence-electron chi connectivity index (χ3n) is 3.23. The Kier molecular flexibility index (Phi) is 9.59. The normalized spacial score (nSPS) is 18.6. The van der Waals surface area contributed by atoms with Crippen LogP contribution < -0.4 is 5.32 Å². The van der Waals surface area contributed by atoms with Crippen LogP contribution >= 0.6 is 24.8 Å². The first-order chi connectivity index (χ1) is 8.78. The lowest BCUT2D eigenvalue weighted by molar-refractivity contribution is -0.141. The first kappa shape index (κ1) is 19.2. The maximum Gasteiger partial charge on any atom is 0.307 e. The molecule has 1 aliphatic heterocycles. The molecule has 0 amide bonds. The van der Waals surface area contributed by atoms with Crippen molar-refractivity contribution in [2.75, 3.05) is 26.7 Å². The molecule has 1 N–H and O–H groups in total. The number of methoxy groups -OCH3 is 1. The molecule has 114 valence electrons. The number of nitrogens with one attached hydrogen (secondary N) is 1. The van der Waals surface area contributed by atoms with Gasteiger partial charge in [-0.3, -0.25) is 9.69 Å². The summed E-state index contributed by atoms with van der Waals surface area (Å²) in [5.41, 5.74) is 1.32. The Balaban J connectivity index is 0.00000180. The van der Waals surface area contributed by atoms with Crippen molar-refractivity contribution in [2.45, 2.75) is 19.0 Å². The van der Waals surface area contributed by atoms with Gasteiger partial charge in [0.15, 0.2) is 0 Å². The predicted molar refractivity (Wildman–Crippen MR) is 84.6 cm³/mol. The largest absolute Gasteiger partial charge is 0.469 e. The number of carbonyl (C=O) groups excluding carboxylic acids is 1. The summed E-state index contributed by atoms with van der Waals surface area (Å²) in [6.07, 6.45) is 0.446. The molecule has 0 bridgehead atoms. The fraction of sp³-hybridized carbons (Fsp3) is 0.500. The van der Waals surface area contributed by atoms with E-state index >= 15 is 0 Å². The smallest absolute Gasteiger partial charge is 0.307 e. The third kappa shape index (κ3) is 6.09. The molecule has 1 saturated heterocycles. The molecule has 1 fully saturated rings. The number of benzene rings is 1. The van der Waals surface area contributed by atoms with E-state index in [0.717, 1.165) is 26.2 Å². The number of hydrogen-bond acceptors (Lipinski definition) is 4. The summed E-state index contributed by atoms with van der Waals surface area (Å²) in [4.78, 5) is 13.6.